The molecule has 1 nitrogen and oxygen atoms in total. The van der Waals surface area contributed by atoms with Gasteiger partial charge in [0.2, 0.25) is 0 Å². The van der Waals surface area contributed by atoms with E-state index in [0.29, 0.717) is 0 Å². The average Bonchev–Trinajstić information content (AvgIpc) is 4.07. The molecule has 0 aliphatic heterocycles. The van der Waals surface area contributed by atoms with Crippen molar-refractivity contribution in [2.75, 3.05) is 4.90 Å². The van der Waals surface area contributed by atoms with Crippen molar-refractivity contribution < 1.29 is 0 Å². The summed E-state index contributed by atoms with van der Waals surface area (Å²) in [5.74, 6) is 0. The highest BCUT2D eigenvalue weighted by atomic mass is 32.1. The topological polar surface area (TPSA) is 3.24 Å². The van der Waals surface area contributed by atoms with Gasteiger partial charge in [-0.15, -0.1) is 11.3 Å². The predicted octanol–water partition coefficient (Wildman–Crippen LogP) is 17.9. The minimum absolute atomic E-state index is 0.465. The van der Waals surface area contributed by atoms with Gasteiger partial charge in [-0.05, 0) is 126 Å². The van der Waals surface area contributed by atoms with Gasteiger partial charge in [0, 0.05) is 37.2 Å². The van der Waals surface area contributed by atoms with Gasteiger partial charge in [0.05, 0.1) is 10.8 Å². The van der Waals surface area contributed by atoms with Crippen LogP contribution in [0.15, 0.2) is 273 Å². The first-order chi connectivity index (χ1) is 34.7. The zero-order chi connectivity index (χ0) is 46.2. The Labute approximate surface area is 412 Å². The first-order valence-electron chi connectivity index (χ1n) is 24.2. The van der Waals surface area contributed by atoms with E-state index in [9.17, 15) is 0 Å². The highest BCUT2D eigenvalue weighted by Crippen LogP contribution is 2.60. The van der Waals surface area contributed by atoms with E-state index >= 15 is 0 Å². The summed E-state index contributed by atoms with van der Waals surface area (Å²) in [5.41, 5.74) is 20.1. The van der Waals surface area contributed by atoms with Gasteiger partial charge in [-0.1, -0.05) is 224 Å². The Balaban J connectivity index is 0.974. The average molecular weight is 908 g/mol. The Morgan fingerprint density at radius 2 is 0.714 bits per heavy atom. The molecule has 2 aliphatic rings. The molecule has 2 heteroatoms. The van der Waals surface area contributed by atoms with Crippen LogP contribution in [-0.4, -0.2) is 0 Å². The number of nitrogens with zero attached hydrogens (tertiary/aromatic N) is 1. The maximum Gasteiger partial charge on any atom is 0.0714 e. The zero-order valence-electron chi connectivity index (χ0n) is 38.3. The molecule has 70 heavy (non-hydrogen) atoms. The summed E-state index contributed by atoms with van der Waals surface area (Å²) in [5, 5.41) is 2.56. The van der Waals surface area contributed by atoms with Crippen molar-refractivity contribution in [1.29, 1.82) is 0 Å². The highest BCUT2D eigenvalue weighted by molar-refractivity contribution is 7.25. The molecule has 0 saturated carbocycles. The maximum absolute atomic E-state index is 2.48. The highest BCUT2D eigenvalue weighted by Gasteiger charge is 2.48. The van der Waals surface area contributed by atoms with Crippen LogP contribution in [0.1, 0.15) is 44.5 Å². The van der Waals surface area contributed by atoms with Crippen molar-refractivity contribution in [3.8, 4) is 33.4 Å². The monoisotopic (exact) mass is 907 g/mol. The number of benzene rings is 11. The molecule has 2 aliphatic carbocycles. The molecule has 328 valence electrons. The molecule has 0 unspecified atom stereocenters. The quantitative estimate of drug-likeness (QED) is 0.147. The Kier molecular flexibility index (Phi) is 9.27. The maximum atomic E-state index is 2.48. The molecule has 0 radical (unpaired) electrons. The lowest BCUT2D eigenvalue weighted by atomic mass is 9.67. The molecular weight excluding hydrogens is 863 g/mol. The fourth-order valence-electron chi connectivity index (χ4n) is 12.4. The summed E-state index contributed by atoms with van der Waals surface area (Å²) >= 11 is 1.86. The number of rotatable bonds is 8. The number of fused-ring (bicyclic) bond motifs is 9. The smallest absolute Gasteiger partial charge is 0.0714 e. The van der Waals surface area contributed by atoms with Crippen molar-refractivity contribution in [1.82, 2.24) is 0 Å². The first-order valence-corrected chi connectivity index (χ1v) is 25.1. The summed E-state index contributed by atoms with van der Waals surface area (Å²) in [6, 6.07) is 102. The molecule has 0 atom stereocenters. The van der Waals surface area contributed by atoms with Crippen LogP contribution in [0.4, 0.5) is 17.1 Å². The fourth-order valence-corrected chi connectivity index (χ4v) is 13.5. The summed E-state index contributed by atoms with van der Waals surface area (Å²) in [6.07, 6.45) is 0. The van der Waals surface area contributed by atoms with E-state index in [2.05, 4.69) is 278 Å². The third-order valence-corrected chi connectivity index (χ3v) is 16.4. The largest absolute Gasteiger partial charge is 0.310 e. The van der Waals surface area contributed by atoms with Gasteiger partial charge in [-0.2, -0.15) is 0 Å². The van der Waals surface area contributed by atoms with Crippen LogP contribution in [0.25, 0.3) is 53.6 Å². The van der Waals surface area contributed by atoms with Crippen molar-refractivity contribution in [2.24, 2.45) is 0 Å². The molecule has 0 spiro atoms. The second kappa shape index (κ2) is 16.0. The Bertz CT molecular complexity index is 3850. The standard InChI is InChI=1S/C68H45NS/c1-5-20-47(21-6-1)67(48-22-7-2-8-23-48)61-33-17-14-30-58(61)66-54(31-19-34-62(66)67)46-36-38-51(39-37-46)69(52-41-43-65-59(44-52)57-29-15-18-35-64(57)70-65)53-40-42-56-55-28-13-16-32-60(55)68(63(56)45-53,49-24-9-3-10-25-49)50-26-11-4-12-27-50/h1-45H. The Morgan fingerprint density at radius 1 is 0.271 bits per heavy atom. The van der Waals surface area contributed by atoms with Crippen LogP contribution in [0, 0.1) is 0 Å². The molecule has 0 bridgehead atoms. The van der Waals surface area contributed by atoms with Crippen molar-refractivity contribution in [2.45, 2.75) is 10.8 Å². The van der Waals surface area contributed by atoms with Gasteiger partial charge in [0.15, 0.2) is 0 Å². The summed E-state index contributed by atoms with van der Waals surface area (Å²) < 4.78 is 2.59. The molecule has 1 heterocycles. The van der Waals surface area contributed by atoms with Crippen LogP contribution in [0.5, 0.6) is 0 Å². The molecule has 12 aromatic rings. The van der Waals surface area contributed by atoms with Crippen LogP contribution in [-0.2, 0) is 10.8 Å². The molecule has 14 rings (SSSR count). The van der Waals surface area contributed by atoms with E-state index in [-0.39, 0.29) is 0 Å². The Morgan fingerprint density at radius 3 is 1.36 bits per heavy atom. The van der Waals surface area contributed by atoms with Gasteiger partial charge in [-0.25, -0.2) is 0 Å². The lowest BCUT2D eigenvalue weighted by Crippen LogP contribution is -2.28. The second-order valence-corrected chi connectivity index (χ2v) is 19.8. The number of anilines is 3. The molecule has 0 fully saturated rings. The van der Waals surface area contributed by atoms with Crippen molar-refractivity contribution in [3.63, 3.8) is 0 Å². The SMILES string of the molecule is c1ccc(C2(c3ccccc3)c3ccccc3-c3ccc(N(c4ccc(-c5cccc6c5-c5ccccc5C6(c5ccccc5)c5ccccc5)cc4)c4ccc5sc6ccccc6c5c4)cc32)cc1. The lowest BCUT2D eigenvalue weighted by Gasteiger charge is -2.35. The van der Waals surface area contributed by atoms with Crippen LogP contribution < -0.4 is 4.90 Å². The van der Waals surface area contributed by atoms with Crippen LogP contribution in [0.3, 0.4) is 0 Å². The Hall–Kier alpha value is -8.56. The fraction of sp³-hybridized carbons (Fsp3) is 0.0294. The zero-order valence-corrected chi connectivity index (χ0v) is 39.2. The van der Waals surface area contributed by atoms with Crippen LogP contribution >= 0.6 is 11.3 Å². The number of hydrogen-bond donors (Lipinski definition) is 0. The third kappa shape index (κ3) is 5.84. The summed E-state index contributed by atoms with van der Waals surface area (Å²) in [7, 11) is 0. The molecule has 0 amide bonds. The predicted molar refractivity (Wildman–Crippen MR) is 294 cm³/mol. The van der Waals surface area contributed by atoms with Gasteiger partial charge in [-0.3, -0.25) is 0 Å². The number of thiophene rings is 1. The van der Waals surface area contributed by atoms with Gasteiger partial charge in [0.1, 0.15) is 0 Å². The minimum Gasteiger partial charge on any atom is -0.310 e. The van der Waals surface area contributed by atoms with Gasteiger partial charge in [0.25, 0.3) is 0 Å². The second-order valence-electron chi connectivity index (χ2n) is 18.7. The van der Waals surface area contributed by atoms with E-state index in [1.54, 1.807) is 0 Å². The summed E-state index contributed by atoms with van der Waals surface area (Å²) in [4.78, 5) is 2.47. The minimum atomic E-state index is -0.522. The van der Waals surface area contributed by atoms with Crippen LogP contribution in [0.2, 0.25) is 0 Å². The first kappa shape index (κ1) is 40.5. The molecule has 1 aromatic heterocycles. The molecule has 0 saturated heterocycles. The number of hydrogen-bond acceptors (Lipinski definition) is 2. The molecular formula is C68H45NS. The normalized spacial score (nSPS) is 13.7. The van der Waals surface area contributed by atoms with E-state index in [4.69, 9.17) is 0 Å². The van der Waals surface area contributed by atoms with Crippen molar-refractivity contribution in [3.05, 3.63) is 317 Å². The summed E-state index contributed by atoms with van der Waals surface area (Å²) in [6.45, 7) is 0. The lowest BCUT2D eigenvalue weighted by molar-refractivity contribution is 0.768. The third-order valence-electron chi connectivity index (χ3n) is 15.2. The molecule has 0 N–H and O–H groups in total. The van der Waals surface area contributed by atoms with E-state index < -0.39 is 10.8 Å². The van der Waals surface area contributed by atoms with Gasteiger partial charge < -0.3 is 4.90 Å². The van der Waals surface area contributed by atoms with Gasteiger partial charge >= 0.3 is 0 Å². The van der Waals surface area contributed by atoms with E-state index in [1.807, 2.05) is 11.3 Å². The van der Waals surface area contributed by atoms with E-state index in [0.717, 1.165) is 17.1 Å². The molecule has 11 aromatic carbocycles. The van der Waals surface area contributed by atoms with Crippen molar-refractivity contribution >= 4 is 48.6 Å². The van der Waals surface area contributed by atoms with E-state index in [1.165, 1.54) is 98.1 Å².